The summed E-state index contributed by atoms with van der Waals surface area (Å²) in [6.45, 7) is 0. The van der Waals surface area contributed by atoms with Gasteiger partial charge in [0.2, 0.25) is 11.6 Å². The maximum absolute atomic E-state index is 12.4. The molecule has 22 heavy (non-hydrogen) atoms. The summed E-state index contributed by atoms with van der Waals surface area (Å²) in [7, 11) is 1.26. The highest BCUT2D eigenvalue weighted by Gasteiger charge is 2.32. The third-order valence-corrected chi connectivity index (χ3v) is 3.31. The molecule has 2 aromatic rings. The first kappa shape index (κ1) is 14.0. The van der Waals surface area contributed by atoms with Crippen molar-refractivity contribution in [2.45, 2.75) is 0 Å². The number of carbonyl (C=O) groups excluding carboxylic acids is 2. The van der Waals surface area contributed by atoms with Crippen LogP contribution in [0.1, 0.15) is 20.7 Å². The SMILES string of the molecule is COC(=O)c1cccc2c1N=C(N(O)c1ccccc1)C2=O. The predicted molar refractivity (Wildman–Crippen MR) is 79.9 cm³/mol. The van der Waals surface area contributed by atoms with Crippen molar-refractivity contribution in [1.29, 1.82) is 0 Å². The number of benzene rings is 2. The van der Waals surface area contributed by atoms with E-state index in [0.29, 0.717) is 10.8 Å². The van der Waals surface area contributed by atoms with E-state index in [2.05, 4.69) is 9.73 Å². The van der Waals surface area contributed by atoms with Crippen LogP contribution in [0.4, 0.5) is 11.4 Å². The van der Waals surface area contributed by atoms with Crippen LogP contribution in [0.5, 0.6) is 0 Å². The number of amidine groups is 1. The monoisotopic (exact) mass is 296 g/mol. The van der Waals surface area contributed by atoms with Gasteiger partial charge < -0.3 is 4.74 Å². The molecular formula is C16H12N2O4. The summed E-state index contributed by atoms with van der Waals surface area (Å²) < 4.78 is 4.68. The highest BCUT2D eigenvalue weighted by atomic mass is 16.5. The number of ether oxygens (including phenoxy) is 1. The first-order chi connectivity index (χ1) is 10.6. The van der Waals surface area contributed by atoms with Crippen molar-refractivity contribution in [3.8, 4) is 0 Å². The van der Waals surface area contributed by atoms with E-state index in [1.54, 1.807) is 42.5 Å². The molecule has 0 fully saturated rings. The lowest BCUT2D eigenvalue weighted by Gasteiger charge is -2.14. The number of fused-ring (bicyclic) bond motifs is 1. The summed E-state index contributed by atoms with van der Waals surface area (Å²) in [6.07, 6.45) is 0. The standard InChI is InChI=1S/C16H12N2O4/c1-22-16(20)12-9-5-8-11-13(12)17-15(14(11)19)18(21)10-6-3-2-4-7-10/h2-9,21H,1H3. The number of esters is 1. The lowest BCUT2D eigenvalue weighted by molar-refractivity contribution is 0.0601. The van der Waals surface area contributed by atoms with Gasteiger partial charge in [-0.15, -0.1) is 0 Å². The highest BCUT2D eigenvalue weighted by Crippen LogP contribution is 2.32. The third kappa shape index (κ3) is 2.15. The van der Waals surface area contributed by atoms with Gasteiger partial charge >= 0.3 is 5.97 Å². The zero-order valence-corrected chi connectivity index (χ0v) is 11.7. The van der Waals surface area contributed by atoms with Gasteiger partial charge in [0, 0.05) is 0 Å². The third-order valence-electron chi connectivity index (χ3n) is 3.31. The van der Waals surface area contributed by atoms with Crippen molar-refractivity contribution < 1.29 is 19.5 Å². The number of Topliss-reactive ketones (excluding diaryl/α,β-unsaturated/α-hetero) is 1. The Morgan fingerprint density at radius 2 is 1.86 bits per heavy atom. The number of rotatable bonds is 2. The Bertz CT molecular complexity index is 784. The van der Waals surface area contributed by atoms with Crippen molar-refractivity contribution in [3.05, 3.63) is 59.7 Å². The number of hydrogen-bond donors (Lipinski definition) is 1. The number of ketones is 1. The Hall–Kier alpha value is -2.99. The van der Waals surface area contributed by atoms with Crippen LogP contribution in [0.3, 0.4) is 0 Å². The second kappa shape index (κ2) is 5.42. The average molecular weight is 296 g/mol. The molecule has 6 nitrogen and oxygen atoms in total. The van der Waals surface area contributed by atoms with Crippen molar-refractivity contribution in [2.75, 3.05) is 12.2 Å². The molecule has 0 unspecified atom stereocenters. The van der Waals surface area contributed by atoms with Crippen LogP contribution in [0, 0.1) is 0 Å². The van der Waals surface area contributed by atoms with Gasteiger partial charge in [-0.1, -0.05) is 24.3 Å². The molecular weight excluding hydrogens is 284 g/mol. The van der Waals surface area contributed by atoms with E-state index < -0.39 is 11.8 Å². The van der Waals surface area contributed by atoms with Gasteiger partial charge in [-0.05, 0) is 24.3 Å². The Morgan fingerprint density at radius 1 is 1.14 bits per heavy atom. The molecule has 1 aliphatic heterocycles. The van der Waals surface area contributed by atoms with Crippen LogP contribution < -0.4 is 5.06 Å². The minimum Gasteiger partial charge on any atom is -0.465 e. The number of anilines is 1. The minimum absolute atomic E-state index is 0.155. The molecule has 0 aromatic heterocycles. The van der Waals surface area contributed by atoms with Crippen LogP contribution in [0.25, 0.3) is 0 Å². The smallest absolute Gasteiger partial charge is 0.340 e. The minimum atomic E-state index is -0.584. The fraction of sp³-hybridized carbons (Fsp3) is 0.0625. The summed E-state index contributed by atoms with van der Waals surface area (Å²) in [5.74, 6) is -1.19. The van der Waals surface area contributed by atoms with Crippen LogP contribution >= 0.6 is 0 Å². The van der Waals surface area contributed by atoms with E-state index in [1.165, 1.54) is 13.2 Å². The number of aliphatic imine (C=N–C) groups is 1. The number of para-hydroxylation sites is 2. The molecule has 6 heteroatoms. The Balaban J connectivity index is 2.05. The average Bonchev–Trinajstić information content (AvgIpc) is 2.91. The first-order valence-corrected chi connectivity index (χ1v) is 6.52. The summed E-state index contributed by atoms with van der Waals surface area (Å²) >= 11 is 0. The molecule has 1 N–H and O–H groups in total. The van der Waals surface area contributed by atoms with Gasteiger partial charge in [0.1, 0.15) is 0 Å². The number of methoxy groups -OCH3 is 1. The second-order valence-electron chi connectivity index (χ2n) is 4.61. The van der Waals surface area contributed by atoms with Crippen molar-refractivity contribution in [1.82, 2.24) is 0 Å². The molecule has 0 amide bonds. The molecule has 0 radical (unpaired) electrons. The van der Waals surface area contributed by atoms with E-state index in [0.717, 1.165) is 0 Å². The topological polar surface area (TPSA) is 79.2 Å². The van der Waals surface area contributed by atoms with E-state index in [9.17, 15) is 14.8 Å². The summed E-state index contributed by atoms with van der Waals surface area (Å²) in [6, 6.07) is 13.2. The molecule has 2 aromatic carbocycles. The zero-order chi connectivity index (χ0) is 15.7. The summed E-state index contributed by atoms with van der Waals surface area (Å²) in [5.41, 5.74) is 1.06. The first-order valence-electron chi connectivity index (χ1n) is 6.52. The molecule has 0 atom stereocenters. The Labute approximate surface area is 126 Å². The predicted octanol–water partition coefficient (Wildman–Crippen LogP) is 2.60. The maximum atomic E-state index is 12.4. The van der Waals surface area contributed by atoms with E-state index in [1.807, 2.05) is 0 Å². The van der Waals surface area contributed by atoms with E-state index in [-0.39, 0.29) is 22.6 Å². The maximum Gasteiger partial charge on any atom is 0.340 e. The van der Waals surface area contributed by atoms with Crippen molar-refractivity contribution in [3.63, 3.8) is 0 Å². The highest BCUT2D eigenvalue weighted by molar-refractivity contribution is 6.52. The number of carbonyl (C=O) groups is 2. The van der Waals surface area contributed by atoms with E-state index >= 15 is 0 Å². The summed E-state index contributed by atoms with van der Waals surface area (Å²) in [5, 5.41) is 10.9. The fourth-order valence-corrected chi connectivity index (χ4v) is 2.23. The van der Waals surface area contributed by atoms with Crippen LogP contribution in [0.2, 0.25) is 0 Å². The Morgan fingerprint density at radius 3 is 2.55 bits per heavy atom. The van der Waals surface area contributed by atoms with Gasteiger partial charge in [0.05, 0.1) is 29.6 Å². The molecule has 0 aliphatic carbocycles. The Kier molecular flexibility index (Phi) is 3.44. The largest absolute Gasteiger partial charge is 0.465 e. The molecule has 0 spiro atoms. The van der Waals surface area contributed by atoms with Crippen LogP contribution in [-0.4, -0.2) is 29.9 Å². The second-order valence-corrected chi connectivity index (χ2v) is 4.61. The molecule has 0 bridgehead atoms. The molecule has 3 rings (SSSR count). The normalized spacial score (nSPS) is 12.6. The van der Waals surface area contributed by atoms with Gasteiger partial charge in [-0.25, -0.2) is 14.9 Å². The number of nitrogens with zero attached hydrogens (tertiary/aromatic N) is 2. The van der Waals surface area contributed by atoms with E-state index in [4.69, 9.17) is 0 Å². The molecule has 110 valence electrons. The lowest BCUT2D eigenvalue weighted by atomic mass is 10.1. The van der Waals surface area contributed by atoms with Crippen LogP contribution in [0.15, 0.2) is 53.5 Å². The molecule has 1 heterocycles. The quantitative estimate of drug-likeness (QED) is 0.680. The van der Waals surface area contributed by atoms with Gasteiger partial charge in [-0.3, -0.25) is 10.0 Å². The van der Waals surface area contributed by atoms with Gasteiger partial charge in [0.25, 0.3) is 0 Å². The van der Waals surface area contributed by atoms with Crippen molar-refractivity contribution in [2.24, 2.45) is 4.99 Å². The molecule has 0 saturated carbocycles. The van der Waals surface area contributed by atoms with Crippen molar-refractivity contribution >= 4 is 29.0 Å². The molecule has 1 aliphatic rings. The number of hydroxylamine groups is 1. The van der Waals surface area contributed by atoms with Gasteiger partial charge in [0.15, 0.2) is 0 Å². The lowest BCUT2D eigenvalue weighted by Crippen LogP contribution is -2.31. The number of hydrogen-bond acceptors (Lipinski definition) is 6. The molecule has 0 saturated heterocycles. The summed E-state index contributed by atoms with van der Waals surface area (Å²) in [4.78, 5) is 28.3. The van der Waals surface area contributed by atoms with Crippen LogP contribution in [-0.2, 0) is 4.74 Å². The van der Waals surface area contributed by atoms with Gasteiger partial charge in [-0.2, -0.15) is 0 Å². The zero-order valence-electron chi connectivity index (χ0n) is 11.7. The fourth-order valence-electron chi connectivity index (χ4n) is 2.23.